The number of hydrogen-bond acceptors (Lipinski definition) is 7. The third kappa shape index (κ3) is 4.43. The SMILES string of the molecule is COC(=O)c1ccc(OC(=O)c2ccc(Cl)c(S(=O)(=O)N3CCCC3)c2)c(OC)c1. The zero-order chi connectivity index (χ0) is 21.9. The lowest BCUT2D eigenvalue weighted by Gasteiger charge is -2.17. The largest absolute Gasteiger partial charge is 0.493 e. The van der Waals surface area contributed by atoms with Gasteiger partial charge in [-0.2, -0.15) is 4.31 Å². The second-order valence-corrected chi connectivity index (χ2v) is 8.82. The molecule has 0 radical (unpaired) electrons. The van der Waals surface area contributed by atoms with Crippen LogP contribution in [0.2, 0.25) is 5.02 Å². The minimum absolute atomic E-state index is 0.0104. The van der Waals surface area contributed by atoms with Crippen molar-refractivity contribution >= 4 is 33.6 Å². The van der Waals surface area contributed by atoms with Gasteiger partial charge in [-0.15, -0.1) is 0 Å². The molecule has 3 rings (SSSR count). The molecule has 1 fully saturated rings. The van der Waals surface area contributed by atoms with Gasteiger partial charge in [0.05, 0.1) is 30.4 Å². The number of methoxy groups -OCH3 is 2. The molecule has 0 spiro atoms. The number of sulfonamides is 1. The summed E-state index contributed by atoms with van der Waals surface area (Å²) in [6, 6.07) is 8.11. The van der Waals surface area contributed by atoms with Crippen molar-refractivity contribution in [2.45, 2.75) is 17.7 Å². The van der Waals surface area contributed by atoms with Gasteiger partial charge in [0.25, 0.3) is 0 Å². The van der Waals surface area contributed by atoms with Gasteiger partial charge in [-0.3, -0.25) is 0 Å². The Bertz CT molecular complexity index is 1080. The lowest BCUT2D eigenvalue weighted by molar-refractivity contribution is 0.0600. The van der Waals surface area contributed by atoms with Gasteiger partial charge >= 0.3 is 11.9 Å². The van der Waals surface area contributed by atoms with Crippen LogP contribution in [-0.2, 0) is 14.8 Å². The molecule has 1 aliphatic heterocycles. The Morgan fingerprint density at radius 2 is 1.57 bits per heavy atom. The zero-order valence-corrected chi connectivity index (χ0v) is 18.0. The van der Waals surface area contributed by atoms with Crippen LogP contribution >= 0.6 is 11.6 Å². The van der Waals surface area contributed by atoms with Crippen molar-refractivity contribution in [1.82, 2.24) is 4.31 Å². The quantitative estimate of drug-likeness (QED) is 0.489. The van der Waals surface area contributed by atoms with Gasteiger partial charge in [0, 0.05) is 13.1 Å². The van der Waals surface area contributed by atoms with Crippen LogP contribution in [0.15, 0.2) is 41.3 Å². The number of benzene rings is 2. The van der Waals surface area contributed by atoms with E-state index in [1.807, 2.05) is 0 Å². The van der Waals surface area contributed by atoms with E-state index in [0.717, 1.165) is 12.8 Å². The van der Waals surface area contributed by atoms with Crippen LogP contribution in [0.25, 0.3) is 0 Å². The van der Waals surface area contributed by atoms with E-state index in [1.54, 1.807) is 0 Å². The van der Waals surface area contributed by atoms with Gasteiger partial charge in [-0.1, -0.05) is 11.6 Å². The van der Waals surface area contributed by atoms with E-state index in [4.69, 9.17) is 21.1 Å². The smallest absolute Gasteiger partial charge is 0.343 e. The van der Waals surface area contributed by atoms with E-state index >= 15 is 0 Å². The second kappa shape index (κ2) is 9.03. The molecule has 160 valence electrons. The normalized spacial score (nSPS) is 14.4. The molecule has 2 aromatic rings. The highest BCUT2D eigenvalue weighted by Gasteiger charge is 2.30. The van der Waals surface area contributed by atoms with E-state index in [9.17, 15) is 18.0 Å². The van der Waals surface area contributed by atoms with Crippen LogP contribution < -0.4 is 9.47 Å². The van der Waals surface area contributed by atoms with Crippen LogP contribution in [0.3, 0.4) is 0 Å². The Balaban J connectivity index is 1.89. The summed E-state index contributed by atoms with van der Waals surface area (Å²) in [5, 5.41) is 0.0264. The molecule has 2 aromatic carbocycles. The van der Waals surface area contributed by atoms with Gasteiger partial charge in [-0.25, -0.2) is 18.0 Å². The number of hydrogen-bond donors (Lipinski definition) is 0. The maximum absolute atomic E-state index is 12.8. The molecule has 0 amide bonds. The first-order valence-corrected chi connectivity index (χ1v) is 10.9. The average Bonchev–Trinajstić information content (AvgIpc) is 3.29. The summed E-state index contributed by atoms with van der Waals surface area (Å²) < 4.78 is 42.2. The summed E-state index contributed by atoms with van der Waals surface area (Å²) in [6.45, 7) is 0.828. The van der Waals surface area contributed by atoms with E-state index in [0.29, 0.717) is 13.1 Å². The molecule has 0 bridgehead atoms. The van der Waals surface area contributed by atoms with Crippen molar-refractivity contribution in [2.75, 3.05) is 27.3 Å². The van der Waals surface area contributed by atoms with Crippen molar-refractivity contribution in [1.29, 1.82) is 0 Å². The van der Waals surface area contributed by atoms with Crippen molar-refractivity contribution < 1.29 is 32.2 Å². The number of halogens is 1. The Labute approximate surface area is 179 Å². The molecule has 0 saturated carbocycles. The molecule has 8 nitrogen and oxygen atoms in total. The highest BCUT2D eigenvalue weighted by atomic mass is 35.5. The van der Waals surface area contributed by atoms with E-state index in [2.05, 4.69) is 4.74 Å². The summed E-state index contributed by atoms with van der Waals surface area (Å²) in [7, 11) is -1.21. The topological polar surface area (TPSA) is 99.2 Å². The number of esters is 2. The number of ether oxygens (including phenoxy) is 3. The van der Waals surface area contributed by atoms with Gasteiger partial charge in [0.1, 0.15) is 4.90 Å². The average molecular weight is 454 g/mol. The summed E-state index contributed by atoms with van der Waals surface area (Å²) >= 11 is 6.11. The Hall–Kier alpha value is -2.62. The summed E-state index contributed by atoms with van der Waals surface area (Å²) in [4.78, 5) is 24.2. The van der Waals surface area contributed by atoms with E-state index in [1.165, 1.54) is 54.9 Å². The summed E-state index contributed by atoms with van der Waals surface area (Å²) in [5.41, 5.74) is 0.232. The number of nitrogens with zero attached hydrogens (tertiary/aromatic N) is 1. The van der Waals surface area contributed by atoms with Crippen molar-refractivity contribution in [3.8, 4) is 11.5 Å². The number of carbonyl (C=O) groups is 2. The van der Waals surface area contributed by atoms with Gasteiger partial charge < -0.3 is 14.2 Å². The van der Waals surface area contributed by atoms with Gasteiger partial charge in [0.2, 0.25) is 10.0 Å². The van der Waals surface area contributed by atoms with Crippen LogP contribution in [0.5, 0.6) is 11.5 Å². The molecule has 0 unspecified atom stereocenters. The second-order valence-electron chi connectivity index (χ2n) is 6.50. The molecule has 0 aromatic heterocycles. The standard InChI is InChI=1S/C20H20ClNO7S/c1-27-17-11-13(19(23)28-2)6-8-16(17)29-20(24)14-5-7-15(21)18(12-14)30(25,26)22-9-3-4-10-22/h5-8,11-12H,3-4,9-10H2,1-2H3. The molecule has 0 atom stereocenters. The molecule has 1 heterocycles. The first kappa shape index (κ1) is 22.1. The van der Waals surface area contributed by atoms with Gasteiger partial charge in [-0.05, 0) is 49.2 Å². The molecule has 1 aliphatic rings. The minimum Gasteiger partial charge on any atom is -0.493 e. The fourth-order valence-corrected chi connectivity index (χ4v) is 5.07. The molecule has 0 N–H and O–H groups in total. The first-order valence-electron chi connectivity index (χ1n) is 9.06. The lowest BCUT2D eigenvalue weighted by atomic mass is 10.2. The zero-order valence-electron chi connectivity index (χ0n) is 16.4. The molecule has 10 heteroatoms. The number of rotatable bonds is 6. The highest BCUT2D eigenvalue weighted by Crippen LogP contribution is 2.31. The van der Waals surface area contributed by atoms with Crippen molar-refractivity contribution in [3.05, 3.63) is 52.5 Å². The molecule has 1 saturated heterocycles. The molecular formula is C20H20ClNO7S. The van der Waals surface area contributed by atoms with Crippen LogP contribution in [0.1, 0.15) is 33.6 Å². The summed E-state index contributed by atoms with van der Waals surface area (Å²) in [5.74, 6) is -1.16. The van der Waals surface area contributed by atoms with Crippen LogP contribution in [-0.4, -0.2) is 52.0 Å². The molecule has 0 aliphatic carbocycles. The predicted octanol–water partition coefficient (Wildman–Crippen LogP) is 3.14. The Kier molecular flexibility index (Phi) is 6.64. The highest BCUT2D eigenvalue weighted by molar-refractivity contribution is 7.89. The first-order chi connectivity index (χ1) is 14.3. The third-order valence-electron chi connectivity index (χ3n) is 4.64. The number of carbonyl (C=O) groups excluding carboxylic acids is 2. The fraction of sp³-hybridized carbons (Fsp3) is 0.300. The fourth-order valence-electron chi connectivity index (χ4n) is 3.05. The molecule has 30 heavy (non-hydrogen) atoms. The summed E-state index contributed by atoms with van der Waals surface area (Å²) in [6.07, 6.45) is 1.56. The Morgan fingerprint density at radius 3 is 2.20 bits per heavy atom. The maximum atomic E-state index is 12.8. The van der Waals surface area contributed by atoms with E-state index < -0.39 is 22.0 Å². The lowest BCUT2D eigenvalue weighted by Crippen LogP contribution is -2.28. The Morgan fingerprint density at radius 1 is 0.933 bits per heavy atom. The van der Waals surface area contributed by atoms with Crippen LogP contribution in [0.4, 0.5) is 0 Å². The minimum atomic E-state index is -3.81. The van der Waals surface area contributed by atoms with Crippen molar-refractivity contribution in [2.24, 2.45) is 0 Å². The van der Waals surface area contributed by atoms with E-state index in [-0.39, 0.29) is 32.5 Å². The molecular weight excluding hydrogens is 434 g/mol. The maximum Gasteiger partial charge on any atom is 0.343 e. The van der Waals surface area contributed by atoms with Crippen LogP contribution in [0, 0.1) is 0 Å². The monoisotopic (exact) mass is 453 g/mol. The third-order valence-corrected chi connectivity index (χ3v) is 7.02. The van der Waals surface area contributed by atoms with Gasteiger partial charge in [0.15, 0.2) is 11.5 Å². The predicted molar refractivity (Wildman–Crippen MR) is 109 cm³/mol. The van der Waals surface area contributed by atoms with Crippen molar-refractivity contribution in [3.63, 3.8) is 0 Å².